The largest absolute Gasteiger partial charge is 0.496 e. The van der Waals surface area contributed by atoms with Gasteiger partial charge in [0.2, 0.25) is 0 Å². The zero-order chi connectivity index (χ0) is 14.4. The SMILES string of the molecule is COc1ccccc1C(C)NC(CC(C)C)C(=O)O. The van der Waals surface area contributed by atoms with Gasteiger partial charge in [-0.15, -0.1) is 0 Å². The van der Waals surface area contributed by atoms with Crippen LogP contribution in [-0.4, -0.2) is 24.2 Å². The standard InChI is InChI=1S/C15H23NO3/c1-10(2)9-13(15(17)18)16-11(3)12-7-5-6-8-14(12)19-4/h5-8,10-11,13,16H,9H2,1-4H3,(H,17,18). The minimum atomic E-state index is -0.810. The van der Waals surface area contributed by atoms with Crippen molar-refractivity contribution in [3.63, 3.8) is 0 Å². The molecule has 19 heavy (non-hydrogen) atoms. The van der Waals surface area contributed by atoms with Gasteiger partial charge in [0.25, 0.3) is 0 Å². The van der Waals surface area contributed by atoms with Crippen LogP contribution < -0.4 is 10.1 Å². The number of hydrogen-bond donors (Lipinski definition) is 2. The predicted octanol–water partition coefficient (Wildman–Crippen LogP) is 2.85. The lowest BCUT2D eigenvalue weighted by molar-refractivity contribution is -0.140. The zero-order valence-corrected chi connectivity index (χ0v) is 12.0. The molecule has 2 unspecified atom stereocenters. The van der Waals surface area contributed by atoms with Crippen molar-refractivity contribution in [1.82, 2.24) is 5.32 Å². The number of aliphatic carboxylic acids is 1. The molecule has 2 N–H and O–H groups in total. The van der Waals surface area contributed by atoms with Crippen molar-refractivity contribution in [2.24, 2.45) is 5.92 Å². The fourth-order valence-corrected chi connectivity index (χ4v) is 2.13. The second kappa shape index (κ2) is 7.14. The highest BCUT2D eigenvalue weighted by molar-refractivity contribution is 5.73. The van der Waals surface area contributed by atoms with Crippen LogP contribution in [0.25, 0.3) is 0 Å². The molecule has 0 bridgehead atoms. The quantitative estimate of drug-likeness (QED) is 0.796. The molecule has 1 rings (SSSR count). The Balaban J connectivity index is 2.81. The minimum Gasteiger partial charge on any atom is -0.496 e. The van der Waals surface area contributed by atoms with Gasteiger partial charge in [0.1, 0.15) is 11.8 Å². The van der Waals surface area contributed by atoms with E-state index in [-0.39, 0.29) is 6.04 Å². The van der Waals surface area contributed by atoms with Crippen LogP contribution in [0.5, 0.6) is 5.75 Å². The summed E-state index contributed by atoms with van der Waals surface area (Å²) in [5.41, 5.74) is 0.972. The number of nitrogens with one attached hydrogen (secondary N) is 1. The van der Waals surface area contributed by atoms with Crippen molar-refractivity contribution in [1.29, 1.82) is 0 Å². The topological polar surface area (TPSA) is 58.6 Å². The highest BCUT2D eigenvalue weighted by atomic mass is 16.5. The van der Waals surface area contributed by atoms with Gasteiger partial charge in [0.05, 0.1) is 7.11 Å². The van der Waals surface area contributed by atoms with Gasteiger partial charge in [-0.2, -0.15) is 0 Å². The molecular formula is C15H23NO3. The lowest BCUT2D eigenvalue weighted by Crippen LogP contribution is -2.39. The maximum Gasteiger partial charge on any atom is 0.320 e. The van der Waals surface area contributed by atoms with E-state index in [0.29, 0.717) is 12.3 Å². The van der Waals surface area contributed by atoms with E-state index in [1.54, 1.807) is 7.11 Å². The van der Waals surface area contributed by atoms with E-state index in [9.17, 15) is 9.90 Å². The summed E-state index contributed by atoms with van der Waals surface area (Å²) in [6, 6.07) is 7.04. The Morgan fingerprint density at radius 2 is 1.95 bits per heavy atom. The van der Waals surface area contributed by atoms with E-state index in [0.717, 1.165) is 11.3 Å². The summed E-state index contributed by atoms with van der Waals surface area (Å²) in [7, 11) is 1.62. The third-order valence-corrected chi connectivity index (χ3v) is 3.06. The number of carboxylic acid groups (broad SMARTS) is 1. The van der Waals surface area contributed by atoms with Gasteiger partial charge in [0.15, 0.2) is 0 Å². The molecule has 0 radical (unpaired) electrons. The van der Waals surface area contributed by atoms with Crippen molar-refractivity contribution in [3.05, 3.63) is 29.8 Å². The first-order valence-electron chi connectivity index (χ1n) is 6.57. The average Bonchev–Trinajstić information content (AvgIpc) is 2.37. The second-order valence-electron chi connectivity index (χ2n) is 5.15. The van der Waals surface area contributed by atoms with Gasteiger partial charge in [-0.1, -0.05) is 32.0 Å². The van der Waals surface area contributed by atoms with Crippen LogP contribution in [0.15, 0.2) is 24.3 Å². The highest BCUT2D eigenvalue weighted by Gasteiger charge is 2.22. The lowest BCUT2D eigenvalue weighted by atomic mass is 10.0. The molecular weight excluding hydrogens is 242 g/mol. The van der Waals surface area contributed by atoms with Gasteiger partial charge in [-0.3, -0.25) is 10.1 Å². The number of para-hydroxylation sites is 1. The molecule has 0 aliphatic heterocycles. The van der Waals surface area contributed by atoms with E-state index >= 15 is 0 Å². The Morgan fingerprint density at radius 3 is 2.47 bits per heavy atom. The number of rotatable bonds is 7. The number of hydrogen-bond acceptors (Lipinski definition) is 3. The Morgan fingerprint density at radius 1 is 1.32 bits per heavy atom. The summed E-state index contributed by atoms with van der Waals surface area (Å²) in [5, 5.41) is 12.4. The van der Waals surface area contributed by atoms with E-state index in [1.807, 2.05) is 45.0 Å². The second-order valence-corrected chi connectivity index (χ2v) is 5.15. The highest BCUT2D eigenvalue weighted by Crippen LogP contribution is 2.25. The Bertz CT molecular complexity index is 418. The molecule has 106 valence electrons. The first kappa shape index (κ1) is 15.5. The van der Waals surface area contributed by atoms with Crippen LogP contribution in [0, 0.1) is 5.92 Å². The fourth-order valence-electron chi connectivity index (χ4n) is 2.13. The Kier molecular flexibility index (Phi) is 5.83. The van der Waals surface area contributed by atoms with Crippen molar-refractivity contribution < 1.29 is 14.6 Å². The summed E-state index contributed by atoms with van der Waals surface area (Å²) in [6.45, 7) is 5.99. The number of carboxylic acids is 1. The molecule has 0 spiro atoms. The van der Waals surface area contributed by atoms with Crippen molar-refractivity contribution in [3.8, 4) is 5.75 Å². The third kappa shape index (κ3) is 4.56. The van der Waals surface area contributed by atoms with Gasteiger partial charge in [-0.05, 0) is 25.3 Å². The number of carbonyl (C=O) groups is 1. The van der Waals surface area contributed by atoms with Crippen molar-refractivity contribution >= 4 is 5.97 Å². The molecule has 0 amide bonds. The molecule has 4 heteroatoms. The summed E-state index contributed by atoms with van der Waals surface area (Å²) >= 11 is 0. The van der Waals surface area contributed by atoms with Crippen LogP contribution >= 0.6 is 0 Å². The van der Waals surface area contributed by atoms with Gasteiger partial charge >= 0.3 is 5.97 Å². The maximum absolute atomic E-state index is 11.3. The molecule has 0 fully saturated rings. The smallest absolute Gasteiger partial charge is 0.320 e. The van der Waals surface area contributed by atoms with E-state index in [2.05, 4.69) is 5.32 Å². The number of ether oxygens (including phenoxy) is 1. The average molecular weight is 265 g/mol. The van der Waals surface area contributed by atoms with Gasteiger partial charge in [-0.25, -0.2) is 0 Å². The lowest BCUT2D eigenvalue weighted by Gasteiger charge is -2.23. The van der Waals surface area contributed by atoms with Gasteiger partial charge in [0, 0.05) is 11.6 Å². The molecule has 4 nitrogen and oxygen atoms in total. The first-order valence-corrected chi connectivity index (χ1v) is 6.57. The minimum absolute atomic E-state index is 0.0731. The van der Waals surface area contributed by atoms with E-state index in [4.69, 9.17) is 4.74 Å². The number of methoxy groups -OCH3 is 1. The van der Waals surface area contributed by atoms with Crippen LogP contribution in [0.2, 0.25) is 0 Å². The summed E-state index contributed by atoms with van der Waals surface area (Å²) in [5.74, 6) is 0.296. The first-order chi connectivity index (χ1) is 8.95. The van der Waals surface area contributed by atoms with Crippen molar-refractivity contribution in [2.45, 2.75) is 39.3 Å². The van der Waals surface area contributed by atoms with E-state index < -0.39 is 12.0 Å². The van der Waals surface area contributed by atoms with Crippen LogP contribution in [0.1, 0.15) is 38.8 Å². The monoisotopic (exact) mass is 265 g/mol. The summed E-state index contributed by atoms with van der Waals surface area (Å²) in [4.78, 5) is 11.3. The Labute approximate surface area is 114 Å². The zero-order valence-electron chi connectivity index (χ0n) is 12.0. The molecule has 2 atom stereocenters. The van der Waals surface area contributed by atoms with Crippen LogP contribution in [0.4, 0.5) is 0 Å². The molecule has 0 heterocycles. The van der Waals surface area contributed by atoms with Crippen molar-refractivity contribution in [2.75, 3.05) is 7.11 Å². The summed E-state index contributed by atoms with van der Waals surface area (Å²) < 4.78 is 5.30. The van der Waals surface area contributed by atoms with Gasteiger partial charge < -0.3 is 9.84 Å². The fraction of sp³-hybridized carbons (Fsp3) is 0.533. The maximum atomic E-state index is 11.3. The third-order valence-electron chi connectivity index (χ3n) is 3.06. The molecule has 1 aromatic rings. The Hall–Kier alpha value is -1.55. The molecule has 0 aromatic heterocycles. The number of benzene rings is 1. The van der Waals surface area contributed by atoms with Crippen LogP contribution in [-0.2, 0) is 4.79 Å². The van der Waals surface area contributed by atoms with E-state index in [1.165, 1.54) is 0 Å². The molecule has 0 aliphatic carbocycles. The molecule has 0 saturated carbocycles. The molecule has 0 aliphatic rings. The molecule has 1 aromatic carbocycles. The van der Waals surface area contributed by atoms with Crippen LogP contribution in [0.3, 0.4) is 0 Å². The molecule has 0 saturated heterocycles. The predicted molar refractivity (Wildman–Crippen MR) is 75.4 cm³/mol. The summed E-state index contributed by atoms with van der Waals surface area (Å²) in [6.07, 6.45) is 0.606. The normalized spacial score (nSPS) is 14.2.